The molecule has 1 aromatic carbocycles. The number of nitrogens with zero attached hydrogens (tertiary/aromatic N) is 2. The van der Waals surface area contributed by atoms with Crippen molar-refractivity contribution in [2.45, 2.75) is 32.9 Å². The monoisotopic (exact) mass is 281 g/mol. The average Bonchev–Trinajstić information content (AvgIpc) is 2.75. The molecule has 3 rings (SSSR count). The minimum atomic E-state index is 0.887. The fraction of sp³-hybridized carbons (Fsp3) is 0.389. The van der Waals surface area contributed by atoms with Gasteiger partial charge in [-0.25, -0.2) is 4.98 Å². The number of aryl methyl sites for hydroxylation is 1. The predicted molar refractivity (Wildman–Crippen MR) is 87.4 cm³/mol. The first kappa shape index (κ1) is 14.1. The molecule has 0 saturated carbocycles. The van der Waals surface area contributed by atoms with Crippen molar-refractivity contribution in [2.24, 2.45) is 0 Å². The molecule has 3 nitrogen and oxygen atoms in total. The van der Waals surface area contributed by atoms with Crippen LogP contribution in [0.5, 0.6) is 0 Å². The number of fused-ring (bicyclic) bond motifs is 1. The molecular formula is C18H23N3. The number of anilines is 1. The molecule has 1 aliphatic heterocycles. The van der Waals surface area contributed by atoms with E-state index in [1.165, 1.54) is 29.5 Å². The maximum Gasteiger partial charge on any atom is 0.133 e. The summed E-state index contributed by atoms with van der Waals surface area (Å²) < 4.78 is 0. The van der Waals surface area contributed by atoms with Crippen LogP contribution >= 0.6 is 0 Å². The third kappa shape index (κ3) is 3.24. The number of aromatic nitrogens is 1. The molecule has 1 aromatic heterocycles. The summed E-state index contributed by atoms with van der Waals surface area (Å²) in [7, 11) is 0. The zero-order valence-electron chi connectivity index (χ0n) is 12.7. The minimum absolute atomic E-state index is 0.887. The first-order valence-corrected chi connectivity index (χ1v) is 7.85. The van der Waals surface area contributed by atoms with Crippen molar-refractivity contribution >= 4 is 5.82 Å². The topological polar surface area (TPSA) is 28.2 Å². The molecule has 0 amide bonds. The molecule has 0 radical (unpaired) electrons. The lowest BCUT2D eigenvalue weighted by Crippen LogP contribution is -2.26. The van der Waals surface area contributed by atoms with E-state index in [1.807, 2.05) is 12.3 Å². The highest BCUT2D eigenvalue weighted by atomic mass is 15.2. The number of hydrogen-bond acceptors (Lipinski definition) is 3. The van der Waals surface area contributed by atoms with E-state index in [0.29, 0.717) is 0 Å². The molecule has 0 atom stereocenters. The van der Waals surface area contributed by atoms with Crippen molar-refractivity contribution < 1.29 is 0 Å². The van der Waals surface area contributed by atoms with Crippen LogP contribution in [0.4, 0.5) is 5.82 Å². The number of pyridine rings is 1. The van der Waals surface area contributed by atoms with E-state index in [-0.39, 0.29) is 0 Å². The van der Waals surface area contributed by atoms with Gasteiger partial charge in [-0.1, -0.05) is 37.3 Å². The van der Waals surface area contributed by atoms with Gasteiger partial charge >= 0.3 is 0 Å². The summed E-state index contributed by atoms with van der Waals surface area (Å²) in [4.78, 5) is 7.08. The molecule has 3 heteroatoms. The van der Waals surface area contributed by atoms with Crippen LogP contribution in [0.3, 0.4) is 0 Å². The lowest BCUT2D eigenvalue weighted by molar-refractivity contribution is 0.705. The highest BCUT2D eigenvalue weighted by Crippen LogP contribution is 2.24. The number of nitrogens with one attached hydrogen (secondary N) is 1. The summed E-state index contributed by atoms with van der Waals surface area (Å²) in [6.07, 6.45) is 4.26. The highest BCUT2D eigenvalue weighted by Gasteiger charge is 2.17. The van der Waals surface area contributed by atoms with Gasteiger partial charge in [-0.05, 0) is 36.6 Å². The van der Waals surface area contributed by atoms with E-state index < -0.39 is 0 Å². The van der Waals surface area contributed by atoms with Crippen LogP contribution in [0.25, 0.3) is 0 Å². The molecule has 0 bridgehead atoms. The summed E-state index contributed by atoms with van der Waals surface area (Å²) in [5, 5.41) is 3.41. The van der Waals surface area contributed by atoms with Crippen molar-refractivity contribution in [1.29, 1.82) is 0 Å². The van der Waals surface area contributed by atoms with E-state index in [2.05, 4.69) is 52.5 Å². The molecule has 0 aliphatic carbocycles. The summed E-state index contributed by atoms with van der Waals surface area (Å²) in [5.74, 6) is 1.13. The van der Waals surface area contributed by atoms with Crippen LogP contribution in [0.2, 0.25) is 0 Å². The fourth-order valence-electron chi connectivity index (χ4n) is 2.99. The molecule has 0 saturated heterocycles. The molecule has 1 N–H and O–H groups in total. The second-order valence-electron chi connectivity index (χ2n) is 5.56. The van der Waals surface area contributed by atoms with Crippen molar-refractivity contribution in [3.63, 3.8) is 0 Å². The predicted octanol–water partition coefficient (Wildman–Crippen LogP) is 3.14. The first-order valence-electron chi connectivity index (χ1n) is 7.85. The summed E-state index contributed by atoms with van der Waals surface area (Å²) in [6.45, 7) is 6.05. The smallest absolute Gasteiger partial charge is 0.133 e. The van der Waals surface area contributed by atoms with Gasteiger partial charge in [0.15, 0.2) is 0 Å². The maximum atomic E-state index is 4.66. The quantitative estimate of drug-likeness (QED) is 0.933. The fourth-order valence-corrected chi connectivity index (χ4v) is 2.99. The van der Waals surface area contributed by atoms with Crippen LogP contribution in [0.15, 0.2) is 42.6 Å². The Morgan fingerprint density at radius 2 is 2.00 bits per heavy atom. The van der Waals surface area contributed by atoms with E-state index in [4.69, 9.17) is 0 Å². The van der Waals surface area contributed by atoms with E-state index in [0.717, 1.165) is 32.0 Å². The minimum Gasteiger partial charge on any atom is -0.352 e. The number of hydrogen-bond donors (Lipinski definition) is 1. The molecule has 0 spiro atoms. The summed E-state index contributed by atoms with van der Waals surface area (Å²) in [6, 6.07) is 13.0. The Hall–Kier alpha value is -1.87. The Bertz CT molecular complexity index is 595. The second kappa shape index (κ2) is 6.72. The van der Waals surface area contributed by atoms with E-state index in [1.54, 1.807) is 0 Å². The Balaban J connectivity index is 1.87. The van der Waals surface area contributed by atoms with Gasteiger partial charge in [0, 0.05) is 31.4 Å². The molecule has 1 aliphatic rings. The molecule has 110 valence electrons. The maximum absolute atomic E-state index is 4.66. The third-order valence-electron chi connectivity index (χ3n) is 4.09. The Kier molecular flexibility index (Phi) is 4.51. The SMILES string of the molecule is CCNCc1cccnc1N1CCCc2ccccc2C1. The standard InChI is InChI=1S/C18H23N3/c1-2-19-13-16-9-5-11-20-18(16)21-12-6-10-15-7-3-4-8-17(15)14-21/h3-5,7-9,11,19H,2,6,10,12-14H2,1H3. The molecule has 0 unspecified atom stereocenters. The molecular weight excluding hydrogens is 258 g/mol. The van der Waals surface area contributed by atoms with Crippen molar-refractivity contribution in [2.75, 3.05) is 18.0 Å². The van der Waals surface area contributed by atoms with E-state index >= 15 is 0 Å². The number of benzene rings is 1. The van der Waals surface area contributed by atoms with Crippen molar-refractivity contribution in [1.82, 2.24) is 10.3 Å². The van der Waals surface area contributed by atoms with Gasteiger partial charge in [-0.2, -0.15) is 0 Å². The van der Waals surface area contributed by atoms with Crippen LogP contribution < -0.4 is 10.2 Å². The van der Waals surface area contributed by atoms with Gasteiger partial charge in [0.25, 0.3) is 0 Å². The van der Waals surface area contributed by atoms with Gasteiger partial charge in [0.05, 0.1) is 0 Å². The Labute approximate surface area is 127 Å². The first-order chi connectivity index (χ1) is 10.4. The van der Waals surface area contributed by atoms with Crippen LogP contribution in [-0.2, 0) is 19.5 Å². The van der Waals surface area contributed by atoms with Gasteiger partial charge < -0.3 is 10.2 Å². The van der Waals surface area contributed by atoms with Gasteiger partial charge in [0.1, 0.15) is 5.82 Å². The lowest BCUT2D eigenvalue weighted by atomic mass is 10.0. The third-order valence-corrected chi connectivity index (χ3v) is 4.09. The van der Waals surface area contributed by atoms with E-state index in [9.17, 15) is 0 Å². The summed E-state index contributed by atoms with van der Waals surface area (Å²) >= 11 is 0. The average molecular weight is 281 g/mol. The van der Waals surface area contributed by atoms with Gasteiger partial charge in [-0.15, -0.1) is 0 Å². The van der Waals surface area contributed by atoms with Crippen LogP contribution in [0, 0.1) is 0 Å². The Morgan fingerprint density at radius 3 is 2.86 bits per heavy atom. The van der Waals surface area contributed by atoms with Gasteiger partial charge in [0.2, 0.25) is 0 Å². The molecule has 0 fully saturated rings. The van der Waals surface area contributed by atoms with Crippen molar-refractivity contribution in [3.8, 4) is 0 Å². The molecule has 2 aromatic rings. The zero-order chi connectivity index (χ0) is 14.5. The normalized spacial score (nSPS) is 14.6. The largest absolute Gasteiger partial charge is 0.352 e. The number of rotatable bonds is 4. The van der Waals surface area contributed by atoms with Crippen LogP contribution in [-0.4, -0.2) is 18.1 Å². The molecule has 2 heterocycles. The van der Waals surface area contributed by atoms with Gasteiger partial charge in [-0.3, -0.25) is 0 Å². The zero-order valence-corrected chi connectivity index (χ0v) is 12.7. The lowest BCUT2D eigenvalue weighted by Gasteiger charge is -2.24. The van der Waals surface area contributed by atoms with Crippen LogP contribution in [0.1, 0.15) is 30.0 Å². The molecule has 21 heavy (non-hydrogen) atoms. The highest BCUT2D eigenvalue weighted by molar-refractivity contribution is 5.48. The van der Waals surface area contributed by atoms with Crippen molar-refractivity contribution in [3.05, 3.63) is 59.3 Å². The second-order valence-corrected chi connectivity index (χ2v) is 5.56. The Morgan fingerprint density at radius 1 is 1.14 bits per heavy atom. The summed E-state index contributed by atoms with van der Waals surface area (Å²) in [5.41, 5.74) is 4.22.